The fourth-order valence-corrected chi connectivity index (χ4v) is 6.28. The van der Waals surface area contributed by atoms with Gasteiger partial charge >= 0.3 is 0 Å². The summed E-state index contributed by atoms with van der Waals surface area (Å²) >= 11 is 14.1. The van der Waals surface area contributed by atoms with Crippen molar-refractivity contribution < 1.29 is 14.1 Å². The minimum Gasteiger partial charge on any atom is -0.365 e. The first-order valence-corrected chi connectivity index (χ1v) is 12.2. The molecule has 1 atom stereocenters. The fourth-order valence-electron chi connectivity index (χ4n) is 4.37. The maximum Gasteiger partial charge on any atom is 0.262 e. The molecule has 2 amide bonds. The van der Waals surface area contributed by atoms with Crippen LogP contribution in [0.4, 0.5) is 5.00 Å². The number of fused-ring (bicyclic) bond motifs is 1. The third-order valence-corrected chi connectivity index (χ3v) is 8.05. The van der Waals surface area contributed by atoms with E-state index in [1.807, 2.05) is 0 Å². The molecular weight excluding hydrogens is 481 g/mol. The quantitative estimate of drug-likeness (QED) is 0.421. The Morgan fingerprint density at radius 3 is 2.48 bits per heavy atom. The topological polar surface area (TPSA) is 98.2 Å². The average molecular weight is 506 g/mol. The number of primary amides is 1. The van der Waals surface area contributed by atoms with Crippen molar-refractivity contribution in [1.29, 1.82) is 0 Å². The van der Waals surface area contributed by atoms with Crippen LogP contribution < -0.4 is 11.1 Å². The Morgan fingerprint density at radius 2 is 1.88 bits per heavy atom. The normalized spacial score (nSPS) is 15.9. The van der Waals surface area contributed by atoms with E-state index in [9.17, 15) is 9.59 Å². The Hall–Kier alpha value is -2.35. The first kappa shape index (κ1) is 23.8. The van der Waals surface area contributed by atoms with Gasteiger partial charge in [-0.25, -0.2) is 0 Å². The minimum atomic E-state index is -0.548. The summed E-state index contributed by atoms with van der Waals surface area (Å²) in [5, 5.41) is 8.07. The van der Waals surface area contributed by atoms with Crippen LogP contribution in [0, 0.1) is 18.3 Å². The largest absolute Gasteiger partial charge is 0.365 e. The molecule has 2 heterocycles. The highest BCUT2D eigenvalue weighted by molar-refractivity contribution is 7.17. The summed E-state index contributed by atoms with van der Waals surface area (Å²) in [5.41, 5.74) is 8.09. The van der Waals surface area contributed by atoms with Gasteiger partial charge in [0.25, 0.3) is 11.8 Å². The van der Waals surface area contributed by atoms with Crippen molar-refractivity contribution in [3.63, 3.8) is 0 Å². The molecule has 6 nitrogen and oxygen atoms in total. The van der Waals surface area contributed by atoms with E-state index in [4.69, 9.17) is 33.5 Å². The molecule has 0 fully saturated rings. The number of hydrogen-bond donors (Lipinski definition) is 2. The van der Waals surface area contributed by atoms with E-state index >= 15 is 0 Å². The summed E-state index contributed by atoms with van der Waals surface area (Å²) in [6.07, 6.45) is 2.59. The van der Waals surface area contributed by atoms with Crippen LogP contribution >= 0.6 is 34.5 Å². The molecule has 1 unspecified atom stereocenters. The lowest BCUT2D eigenvalue weighted by Crippen LogP contribution is -2.27. The molecule has 174 valence electrons. The van der Waals surface area contributed by atoms with E-state index in [-0.39, 0.29) is 16.7 Å². The number of nitrogens with two attached hydrogens (primary N) is 1. The number of anilines is 1. The Kier molecular flexibility index (Phi) is 6.33. The van der Waals surface area contributed by atoms with Crippen molar-refractivity contribution in [3.8, 4) is 11.3 Å². The monoisotopic (exact) mass is 505 g/mol. The van der Waals surface area contributed by atoms with Crippen LogP contribution in [0.25, 0.3) is 11.3 Å². The number of carbonyl (C=O) groups is 2. The lowest BCUT2D eigenvalue weighted by Gasteiger charge is -2.33. The van der Waals surface area contributed by atoms with Crippen molar-refractivity contribution in [1.82, 2.24) is 5.16 Å². The minimum absolute atomic E-state index is 0.153. The van der Waals surface area contributed by atoms with Gasteiger partial charge in [0.05, 0.1) is 15.6 Å². The van der Waals surface area contributed by atoms with Gasteiger partial charge in [0.1, 0.15) is 22.0 Å². The van der Waals surface area contributed by atoms with Crippen LogP contribution in [-0.2, 0) is 12.8 Å². The van der Waals surface area contributed by atoms with Gasteiger partial charge in [0.2, 0.25) is 0 Å². The molecule has 0 bridgehead atoms. The van der Waals surface area contributed by atoms with Gasteiger partial charge in [-0.2, -0.15) is 0 Å². The van der Waals surface area contributed by atoms with E-state index in [2.05, 4.69) is 31.2 Å². The summed E-state index contributed by atoms with van der Waals surface area (Å²) in [4.78, 5) is 26.8. The molecule has 4 rings (SSSR count). The zero-order chi connectivity index (χ0) is 24.1. The molecule has 1 aliphatic rings. The number of halogens is 2. The third-order valence-electron chi connectivity index (χ3n) is 6.25. The number of benzene rings is 1. The van der Waals surface area contributed by atoms with Crippen molar-refractivity contribution in [3.05, 3.63) is 55.6 Å². The molecule has 0 saturated heterocycles. The Morgan fingerprint density at radius 1 is 1.21 bits per heavy atom. The molecule has 3 aromatic rings. The first-order valence-electron chi connectivity index (χ1n) is 10.6. The number of carbonyl (C=O) groups excluding carboxylic acids is 2. The van der Waals surface area contributed by atoms with Crippen LogP contribution in [0.1, 0.15) is 64.1 Å². The number of nitrogens with zero attached hydrogens (tertiary/aromatic N) is 1. The van der Waals surface area contributed by atoms with Crippen LogP contribution in [0.5, 0.6) is 0 Å². The molecule has 0 spiro atoms. The Labute approximate surface area is 206 Å². The molecular formula is C24H25Cl2N3O3S. The number of thiophene rings is 1. The first-order chi connectivity index (χ1) is 15.5. The van der Waals surface area contributed by atoms with Crippen LogP contribution in [0.15, 0.2) is 22.7 Å². The maximum atomic E-state index is 13.4. The fraction of sp³-hybridized carbons (Fsp3) is 0.375. The van der Waals surface area contributed by atoms with Crippen molar-refractivity contribution in [2.45, 2.75) is 47.0 Å². The summed E-state index contributed by atoms with van der Waals surface area (Å²) in [5.74, 6) is -0.211. The lowest BCUT2D eigenvalue weighted by atomic mass is 9.72. The highest BCUT2D eigenvalue weighted by atomic mass is 35.5. The van der Waals surface area contributed by atoms with Crippen LogP contribution in [0.3, 0.4) is 0 Å². The second kappa shape index (κ2) is 8.78. The third kappa shape index (κ3) is 4.42. The number of hydrogen-bond acceptors (Lipinski definition) is 5. The molecule has 0 aliphatic heterocycles. The van der Waals surface area contributed by atoms with Crippen molar-refractivity contribution >= 4 is 51.4 Å². The standard InChI is InChI=1S/C24H25Cl2N3O3S/c1-11-17(20(29-32-11)19-14(25)6-5-7-15(19)26)22(31)28-23-18(21(27)30)13-9-8-12(24(2,3)4)10-16(13)33-23/h5-7,12H,8-10H2,1-4H3,(H2,27,30)(H,28,31). The number of aromatic nitrogens is 1. The lowest BCUT2D eigenvalue weighted by molar-refractivity contribution is 0.1000. The van der Waals surface area contributed by atoms with E-state index in [1.54, 1.807) is 25.1 Å². The van der Waals surface area contributed by atoms with Crippen molar-refractivity contribution in [2.75, 3.05) is 5.32 Å². The molecule has 0 radical (unpaired) electrons. The summed E-state index contributed by atoms with van der Waals surface area (Å²) in [6, 6.07) is 5.04. The van der Waals surface area contributed by atoms with Gasteiger partial charge in [0.15, 0.2) is 0 Å². The maximum absolute atomic E-state index is 13.4. The van der Waals surface area contributed by atoms with Gasteiger partial charge < -0.3 is 15.6 Å². The van der Waals surface area contributed by atoms with E-state index in [1.165, 1.54) is 11.3 Å². The summed E-state index contributed by atoms with van der Waals surface area (Å²) in [6.45, 7) is 8.32. The second-order valence-corrected chi connectivity index (χ2v) is 11.3. The molecule has 1 aliphatic carbocycles. The Bertz CT molecular complexity index is 1240. The summed E-state index contributed by atoms with van der Waals surface area (Å²) < 4.78 is 5.31. The smallest absolute Gasteiger partial charge is 0.262 e. The number of rotatable bonds is 4. The number of aryl methyl sites for hydroxylation is 1. The molecule has 3 N–H and O–H groups in total. The number of nitrogens with one attached hydrogen (secondary N) is 1. The van der Waals surface area contributed by atoms with Crippen LogP contribution in [-0.4, -0.2) is 17.0 Å². The zero-order valence-electron chi connectivity index (χ0n) is 18.8. The molecule has 1 aromatic carbocycles. The molecule has 0 saturated carbocycles. The van der Waals surface area contributed by atoms with Gasteiger partial charge in [0, 0.05) is 10.4 Å². The molecule has 33 heavy (non-hydrogen) atoms. The molecule has 9 heteroatoms. The van der Waals surface area contributed by atoms with Crippen LogP contribution in [0.2, 0.25) is 10.0 Å². The SMILES string of the molecule is Cc1onc(-c2c(Cl)cccc2Cl)c1C(=O)Nc1sc2c(c1C(N)=O)CCC(C(C)(C)C)C2. The van der Waals surface area contributed by atoms with E-state index in [0.717, 1.165) is 29.7 Å². The highest BCUT2D eigenvalue weighted by Gasteiger charge is 2.34. The van der Waals surface area contributed by atoms with Gasteiger partial charge in [-0.1, -0.05) is 55.2 Å². The highest BCUT2D eigenvalue weighted by Crippen LogP contribution is 2.44. The predicted molar refractivity (Wildman–Crippen MR) is 132 cm³/mol. The number of amides is 2. The van der Waals surface area contributed by atoms with Gasteiger partial charge in [-0.05, 0) is 55.2 Å². The van der Waals surface area contributed by atoms with Crippen molar-refractivity contribution in [2.24, 2.45) is 17.1 Å². The molecule has 2 aromatic heterocycles. The van der Waals surface area contributed by atoms with E-state index in [0.29, 0.717) is 37.9 Å². The van der Waals surface area contributed by atoms with Gasteiger partial charge in [-0.3, -0.25) is 9.59 Å². The predicted octanol–water partition coefficient (Wildman–Crippen LogP) is 6.52. The van der Waals surface area contributed by atoms with Gasteiger partial charge in [-0.15, -0.1) is 11.3 Å². The second-order valence-electron chi connectivity index (χ2n) is 9.39. The zero-order valence-corrected chi connectivity index (χ0v) is 21.2. The van der Waals surface area contributed by atoms with E-state index < -0.39 is 11.8 Å². The summed E-state index contributed by atoms with van der Waals surface area (Å²) in [7, 11) is 0. The Balaban J connectivity index is 1.72. The average Bonchev–Trinajstić information content (AvgIpc) is 3.26.